The van der Waals surface area contributed by atoms with Gasteiger partial charge in [-0.05, 0) is 70.6 Å². The second-order valence-electron chi connectivity index (χ2n) is 16.7. The molecule has 0 saturated carbocycles. The van der Waals surface area contributed by atoms with E-state index < -0.39 is 67.3 Å². The van der Waals surface area contributed by atoms with E-state index in [1.165, 1.54) is 44.9 Å². The van der Waals surface area contributed by atoms with Crippen molar-refractivity contribution < 1.29 is 58.2 Å². The van der Waals surface area contributed by atoms with Crippen LogP contribution in [0.5, 0.6) is 0 Å². The number of aliphatic carboxylic acids is 1. The highest BCUT2D eigenvalue weighted by atomic mass is 16.7. The summed E-state index contributed by atoms with van der Waals surface area (Å²) in [7, 11) is 0. The molecule has 1 aliphatic heterocycles. The Bertz CT molecular complexity index is 1290. The molecule has 63 heavy (non-hydrogen) atoms. The second-order valence-corrected chi connectivity index (χ2v) is 16.7. The quantitative estimate of drug-likeness (QED) is 0.0230. The molecule has 0 aliphatic carbocycles. The maximum Gasteiger partial charge on any atom is 0.335 e. The molecule has 0 aromatic carbocycles. The minimum atomic E-state index is -1.91. The third kappa shape index (κ3) is 31.2. The molecule has 1 saturated heterocycles. The van der Waals surface area contributed by atoms with Crippen LogP contribution in [0.4, 0.5) is 0 Å². The molecule has 362 valence electrons. The van der Waals surface area contributed by atoms with E-state index >= 15 is 0 Å². The lowest BCUT2D eigenvalue weighted by Gasteiger charge is -2.40. The average molecular weight is 891 g/mol. The van der Waals surface area contributed by atoms with E-state index in [0.29, 0.717) is 19.3 Å². The number of rotatable bonds is 40. The number of carbonyl (C=O) groups is 4. The third-order valence-electron chi connectivity index (χ3n) is 10.9. The summed E-state index contributed by atoms with van der Waals surface area (Å²) in [4.78, 5) is 50.6. The number of esters is 3. The number of allylic oxidation sites excluding steroid dienone is 8. The van der Waals surface area contributed by atoms with Gasteiger partial charge in [-0.2, -0.15) is 0 Å². The van der Waals surface area contributed by atoms with Gasteiger partial charge in [-0.15, -0.1) is 0 Å². The lowest BCUT2D eigenvalue weighted by Crippen LogP contribution is -2.61. The minimum Gasteiger partial charge on any atom is -0.479 e. The number of hydrogen-bond donors (Lipinski definition) is 3. The van der Waals surface area contributed by atoms with Gasteiger partial charge in [0.1, 0.15) is 18.8 Å². The Morgan fingerprint density at radius 2 is 1.02 bits per heavy atom. The zero-order chi connectivity index (χ0) is 46.2. The number of ether oxygens (including phenoxy) is 5. The van der Waals surface area contributed by atoms with Crippen molar-refractivity contribution in [2.45, 2.75) is 237 Å². The molecule has 6 unspecified atom stereocenters. The van der Waals surface area contributed by atoms with E-state index in [4.69, 9.17) is 23.7 Å². The Kier molecular flexibility index (Phi) is 36.8. The van der Waals surface area contributed by atoms with Crippen molar-refractivity contribution in [1.82, 2.24) is 0 Å². The largest absolute Gasteiger partial charge is 0.479 e. The van der Waals surface area contributed by atoms with Gasteiger partial charge in [-0.25, -0.2) is 4.79 Å². The van der Waals surface area contributed by atoms with Crippen LogP contribution in [-0.4, -0.2) is 89.2 Å². The van der Waals surface area contributed by atoms with Crippen molar-refractivity contribution >= 4 is 23.9 Å². The highest BCUT2D eigenvalue weighted by molar-refractivity contribution is 5.74. The summed E-state index contributed by atoms with van der Waals surface area (Å²) < 4.78 is 28.1. The predicted molar refractivity (Wildman–Crippen MR) is 248 cm³/mol. The summed E-state index contributed by atoms with van der Waals surface area (Å²) in [5.41, 5.74) is 0. The first kappa shape index (κ1) is 57.7. The molecule has 0 radical (unpaired) electrons. The maximum absolute atomic E-state index is 13.0. The summed E-state index contributed by atoms with van der Waals surface area (Å²) in [5.74, 6) is -3.17. The van der Waals surface area contributed by atoms with Gasteiger partial charge in [0.25, 0.3) is 0 Å². The zero-order valence-corrected chi connectivity index (χ0v) is 39.3. The molecule has 1 aliphatic rings. The van der Waals surface area contributed by atoms with Gasteiger partial charge in [0, 0.05) is 19.3 Å². The number of carboxylic acid groups (broad SMARTS) is 1. The number of aliphatic hydroxyl groups excluding tert-OH is 2. The van der Waals surface area contributed by atoms with E-state index in [1.54, 1.807) is 0 Å². The summed E-state index contributed by atoms with van der Waals surface area (Å²) in [6.07, 6.45) is 32.7. The first-order valence-corrected chi connectivity index (χ1v) is 24.6. The van der Waals surface area contributed by atoms with Gasteiger partial charge >= 0.3 is 23.9 Å². The molecule has 12 nitrogen and oxygen atoms in total. The van der Waals surface area contributed by atoms with Crippen molar-refractivity contribution in [2.75, 3.05) is 13.2 Å². The third-order valence-corrected chi connectivity index (χ3v) is 10.9. The van der Waals surface area contributed by atoms with Crippen LogP contribution in [0.3, 0.4) is 0 Å². The van der Waals surface area contributed by atoms with Crippen molar-refractivity contribution in [1.29, 1.82) is 0 Å². The molecule has 12 heteroatoms. The van der Waals surface area contributed by atoms with Crippen LogP contribution in [-0.2, 0) is 42.9 Å². The Morgan fingerprint density at radius 1 is 0.540 bits per heavy atom. The number of unbranched alkanes of at least 4 members (excludes halogenated alkanes) is 18. The van der Waals surface area contributed by atoms with Crippen LogP contribution in [0.1, 0.15) is 201 Å². The van der Waals surface area contributed by atoms with Gasteiger partial charge in [0.05, 0.1) is 6.61 Å². The Balaban J connectivity index is 2.77. The standard InChI is InChI=1S/C51H86O12/c1-4-7-10-13-16-19-21-22-24-27-30-33-36-39-45(54)62-49-47(56)46(55)48(50(57)58)63-51(49)60-41-42(61-44(53)38-35-32-29-25-18-15-12-9-6-3)40-59-43(52)37-34-31-28-26-23-20-17-14-11-8-5-2/h7,10,14,16-17,19,22,24,42,46-49,51,55-56H,4-6,8-9,11-13,15,18,20-21,23,25-41H2,1-3H3,(H,57,58)/b10-7-,17-14-,19-16-,24-22-. The van der Waals surface area contributed by atoms with E-state index in [9.17, 15) is 34.5 Å². The van der Waals surface area contributed by atoms with Gasteiger partial charge in [0.2, 0.25) is 0 Å². The lowest BCUT2D eigenvalue weighted by atomic mass is 9.98. The van der Waals surface area contributed by atoms with E-state index in [1.807, 2.05) is 0 Å². The maximum atomic E-state index is 13.0. The molecule has 1 fully saturated rings. The number of carbonyl (C=O) groups excluding carboxylic acids is 3. The smallest absolute Gasteiger partial charge is 0.335 e. The summed E-state index contributed by atoms with van der Waals surface area (Å²) >= 11 is 0. The SMILES string of the molecule is CC/C=C\C/C=C\C/C=C\CCCCCC(=O)OC1C(OCC(COC(=O)CCCCCCC/C=C\CCCC)OC(=O)CCCCCCCCCCC)OC(C(=O)O)C(O)C1O. The van der Waals surface area contributed by atoms with Crippen molar-refractivity contribution in [3.05, 3.63) is 48.6 Å². The fourth-order valence-corrected chi connectivity index (χ4v) is 7.07. The van der Waals surface area contributed by atoms with Crippen LogP contribution >= 0.6 is 0 Å². The van der Waals surface area contributed by atoms with E-state index in [-0.39, 0.29) is 25.9 Å². The Labute approximate surface area is 380 Å². The number of hydrogen-bond acceptors (Lipinski definition) is 11. The first-order valence-electron chi connectivity index (χ1n) is 24.6. The van der Waals surface area contributed by atoms with Crippen molar-refractivity contribution in [3.8, 4) is 0 Å². The number of carboxylic acids is 1. The van der Waals surface area contributed by atoms with Gasteiger partial charge in [-0.3, -0.25) is 14.4 Å². The normalized spacial score (nSPS) is 19.7. The Morgan fingerprint density at radius 3 is 1.60 bits per heavy atom. The van der Waals surface area contributed by atoms with Gasteiger partial charge < -0.3 is 39.0 Å². The molecule has 1 rings (SSSR count). The molecule has 0 spiro atoms. The van der Waals surface area contributed by atoms with E-state index in [2.05, 4.69) is 69.4 Å². The molecule has 0 aromatic heterocycles. The molecule has 6 atom stereocenters. The first-order chi connectivity index (χ1) is 30.6. The fourth-order valence-electron chi connectivity index (χ4n) is 7.07. The molecular formula is C51H86O12. The zero-order valence-electron chi connectivity index (χ0n) is 39.3. The van der Waals surface area contributed by atoms with Crippen LogP contribution < -0.4 is 0 Å². The fraction of sp³-hybridized carbons (Fsp3) is 0.765. The molecule has 0 bridgehead atoms. The molecule has 0 amide bonds. The van der Waals surface area contributed by atoms with Crippen LogP contribution in [0, 0.1) is 0 Å². The molecule has 0 aromatic rings. The second kappa shape index (κ2) is 40.2. The van der Waals surface area contributed by atoms with Gasteiger partial charge in [0.15, 0.2) is 24.6 Å². The monoisotopic (exact) mass is 891 g/mol. The van der Waals surface area contributed by atoms with Crippen LogP contribution in [0.25, 0.3) is 0 Å². The molecule has 3 N–H and O–H groups in total. The summed E-state index contributed by atoms with van der Waals surface area (Å²) in [6, 6.07) is 0. The highest BCUT2D eigenvalue weighted by Crippen LogP contribution is 2.26. The van der Waals surface area contributed by atoms with Crippen molar-refractivity contribution in [3.63, 3.8) is 0 Å². The topological polar surface area (TPSA) is 175 Å². The van der Waals surface area contributed by atoms with E-state index in [0.717, 1.165) is 96.3 Å². The van der Waals surface area contributed by atoms with Gasteiger partial charge in [-0.1, -0.05) is 159 Å². The minimum absolute atomic E-state index is 0.0254. The van der Waals surface area contributed by atoms with Crippen LogP contribution in [0.2, 0.25) is 0 Å². The average Bonchev–Trinajstić information content (AvgIpc) is 3.26. The lowest BCUT2D eigenvalue weighted by molar-refractivity contribution is -0.301. The van der Waals surface area contributed by atoms with Crippen LogP contribution in [0.15, 0.2) is 48.6 Å². The molecular weight excluding hydrogens is 805 g/mol. The molecule has 1 heterocycles. The number of aliphatic hydroxyl groups is 2. The highest BCUT2D eigenvalue weighted by Gasteiger charge is 2.50. The Hall–Kier alpha value is -3.32. The van der Waals surface area contributed by atoms with Crippen molar-refractivity contribution in [2.24, 2.45) is 0 Å². The summed E-state index contributed by atoms with van der Waals surface area (Å²) in [6.45, 7) is 5.75. The predicted octanol–water partition coefficient (Wildman–Crippen LogP) is 11.1. The summed E-state index contributed by atoms with van der Waals surface area (Å²) in [5, 5.41) is 31.2.